The standard InChI is InChI=1S/C14H16N2.C2H6/c1-3-5-8-12-11(4-2)15-13-9-6-7-10-14(13)16-12;1-2/h4-10,15-16H,2-3H2,1H3;1-2H3/b8-5-;. The van der Waals surface area contributed by atoms with E-state index in [1.54, 1.807) is 0 Å². The van der Waals surface area contributed by atoms with Gasteiger partial charge < -0.3 is 10.6 Å². The van der Waals surface area contributed by atoms with Crippen LogP contribution in [-0.4, -0.2) is 0 Å². The van der Waals surface area contributed by atoms with Crippen LogP contribution in [0.15, 0.2) is 60.5 Å². The van der Waals surface area contributed by atoms with Crippen molar-refractivity contribution < 1.29 is 0 Å². The SMILES string of the molecule is C=CC1=C(/C=C\CC)Nc2ccccc2N1.CC. The molecule has 1 heterocycles. The van der Waals surface area contributed by atoms with Crippen LogP contribution in [-0.2, 0) is 0 Å². The summed E-state index contributed by atoms with van der Waals surface area (Å²) < 4.78 is 0. The Kier molecular flexibility index (Phi) is 5.78. The number of rotatable bonds is 3. The smallest absolute Gasteiger partial charge is 0.0624 e. The van der Waals surface area contributed by atoms with E-state index < -0.39 is 0 Å². The van der Waals surface area contributed by atoms with E-state index in [0.717, 1.165) is 29.2 Å². The molecule has 0 unspecified atom stereocenters. The highest BCUT2D eigenvalue weighted by atomic mass is 15.0. The fraction of sp³-hybridized carbons (Fsp3) is 0.250. The first kappa shape index (κ1) is 14.1. The molecule has 1 aliphatic rings. The van der Waals surface area contributed by atoms with Crippen LogP contribution in [0.1, 0.15) is 27.2 Å². The van der Waals surface area contributed by atoms with Crippen molar-refractivity contribution in [1.82, 2.24) is 0 Å². The Balaban J connectivity index is 0.000000771. The van der Waals surface area contributed by atoms with E-state index in [9.17, 15) is 0 Å². The lowest BCUT2D eigenvalue weighted by Crippen LogP contribution is -2.14. The molecule has 2 rings (SSSR count). The maximum Gasteiger partial charge on any atom is 0.0624 e. The molecule has 0 radical (unpaired) electrons. The molecule has 1 aromatic carbocycles. The van der Waals surface area contributed by atoms with E-state index in [4.69, 9.17) is 0 Å². The summed E-state index contributed by atoms with van der Waals surface area (Å²) in [6.45, 7) is 9.94. The summed E-state index contributed by atoms with van der Waals surface area (Å²) in [5.41, 5.74) is 4.27. The quantitative estimate of drug-likeness (QED) is 0.786. The number of para-hydroxylation sites is 2. The second-order valence-corrected chi connectivity index (χ2v) is 3.64. The maximum atomic E-state index is 3.82. The van der Waals surface area contributed by atoms with E-state index in [1.165, 1.54) is 0 Å². The zero-order chi connectivity index (χ0) is 13.4. The molecular weight excluding hydrogens is 220 g/mol. The molecule has 0 atom stereocenters. The molecule has 2 N–H and O–H groups in total. The van der Waals surface area contributed by atoms with Crippen molar-refractivity contribution in [3.8, 4) is 0 Å². The monoisotopic (exact) mass is 242 g/mol. The van der Waals surface area contributed by atoms with Gasteiger partial charge in [-0.2, -0.15) is 0 Å². The Morgan fingerprint density at radius 2 is 1.61 bits per heavy atom. The molecule has 96 valence electrons. The topological polar surface area (TPSA) is 24.1 Å². The van der Waals surface area contributed by atoms with Crippen molar-refractivity contribution in [2.24, 2.45) is 0 Å². The summed E-state index contributed by atoms with van der Waals surface area (Å²) in [6, 6.07) is 8.14. The van der Waals surface area contributed by atoms with Gasteiger partial charge >= 0.3 is 0 Å². The van der Waals surface area contributed by atoms with Crippen LogP contribution in [0.2, 0.25) is 0 Å². The van der Waals surface area contributed by atoms with Gasteiger partial charge in [0.25, 0.3) is 0 Å². The van der Waals surface area contributed by atoms with E-state index in [-0.39, 0.29) is 0 Å². The molecular formula is C16H22N2. The third-order valence-corrected chi connectivity index (χ3v) is 2.48. The van der Waals surface area contributed by atoms with Crippen LogP contribution in [0.4, 0.5) is 11.4 Å². The minimum absolute atomic E-state index is 1.02. The van der Waals surface area contributed by atoms with Gasteiger partial charge in [-0.1, -0.05) is 45.6 Å². The number of benzene rings is 1. The number of nitrogens with one attached hydrogen (secondary N) is 2. The predicted octanol–water partition coefficient (Wildman–Crippen LogP) is 4.91. The highest BCUT2D eigenvalue weighted by Crippen LogP contribution is 2.30. The van der Waals surface area contributed by atoms with Crippen LogP contribution in [0, 0.1) is 0 Å². The summed E-state index contributed by atoms with van der Waals surface area (Å²) in [7, 11) is 0. The second-order valence-electron chi connectivity index (χ2n) is 3.64. The lowest BCUT2D eigenvalue weighted by atomic mass is 10.1. The first-order valence-electron chi connectivity index (χ1n) is 6.51. The Morgan fingerprint density at radius 1 is 1.06 bits per heavy atom. The van der Waals surface area contributed by atoms with Crippen LogP contribution < -0.4 is 10.6 Å². The van der Waals surface area contributed by atoms with Crippen molar-refractivity contribution in [2.45, 2.75) is 27.2 Å². The molecule has 1 aliphatic heterocycles. The van der Waals surface area contributed by atoms with Gasteiger partial charge in [0.1, 0.15) is 0 Å². The Labute approximate surface area is 110 Å². The number of fused-ring (bicyclic) bond motifs is 1. The van der Waals surface area contributed by atoms with Gasteiger partial charge in [0, 0.05) is 0 Å². The first-order chi connectivity index (χ1) is 8.85. The number of anilines is 2. The van der Waals surface area contributed by atoms with Gasteiger partial charge in [0.15, 0.2) is 0 Å². The van der Waals surface area contributed by atoms with E-state index in [2.05, 4.69) is 42.4 Å². The summed E-state index contributed by atoms with van der Waals surface area (Å²) in [5.74, 6) is 0. The molecule has 1 aromatic rings. The van der Waals surface area contributed by atoms with Gasteiger partial charge in [-0.25, -0.2) is 0 Å². The fourth-order valence-corrected chi connectivity index (χ4v) is 1.65. The lowest BCUT2D eigenvalue weighted by Gasteiger charge is -2.22. The molecule has 0 amide bonds. The van der Waals surface area contributed by atoms with Crippen molar-refractivity contribution in [3.05, 3.63) is 60.5 Å². The summed E-state index contributed by atoms with van der Waals surface area (Å²) >= 11 is 0. The van der Waals surface area contributed by atoms with Crippen LogP contribution in [0.5, 0.6) is 0 Å². The van der Waals surface area contributed by atoms with Crippen LogP contribution >= 0.6 is 0 Å². The Bertz CT molecular complexity index is 456. The first-order valence-corrected chi connectivity index (χ1v) is 6.51. The number of hydrogen-bond acceptors (Lipinski definition) is 2. The predicted molar refractivity (Wildman–Crippen MR) is 81.7 cm³/mol. The van der Waals surface area contributed by atoms with Gasteiger partial charge in [-0.15, -0.1) is 0 Å². The van der Waals surface area contributed by atoms with Crippen molar-refractivity contribution in [2.75, 3.05) is 10.6 Å². The normalized spacial score (nSPS) is 13.1. The van der Waals surface area contributed by atoms with Crippen molar-refractivity contribution >= 4 is 11.4 Å². The average molecular weight is 242 g/mol. The largest absolute Gasteiger partial charge is 0.352 e. The molecule has 0 spiro atoms. The van der Waals surface area contributed by atoms with E-state index in [0.29, 0.717) is 0 Å². The van der Waals surface area contributed by atoms with Crippen molar-refractivity contribution in [3.63, 3.8) is 0 Å². The molecule has 0 fully saturated rings. The zero-order valence-corrected chi connectivity index (χ0v) is 11.5. The van der Waals surface area contributed by atoms with Crippen LogP contribution in [0.3, 0.4) is 0 Å². The van der Waals surface area contributed by atoms with E-state index >= 15 is 0 Å². The molecule has 0 saturated heterocycles. The highest BCUT2D eigenvalue weighted by molar-refractivity contribution is 5.77. The molecule has 0 aliphatic carbocycles. The van der Waals surface area contributed by atoms with Gasteiger partial charge in [0.2, 0.25) is 0 Å². The minimum atomic E-state index is 1.02. The van der Waals surface area contributed by atoms with Gasteiger partial charge in [-0.3, -0.25) is 0 Å². The van der Waals surface area contributed by atoms with Crippen LogP contribution in [0.25, 0.3) is 0 Å². The molecule has 0 aromatic heterocycles. The fourth-order valence-electron chi connectivity index (χ4n) is 1.65. The third-order valence-electron chi connectivity index (χ3n) is 2.48. The molecule has 0 saturated carbocycles. The van der Waals surface area contributed by atoms with E-state index in [1.807, 2.05) is 38.1 Å². The van der Waals surface area contributed by atoms with Gasteiger partial charge in [0.05, 0.1) is 22.8 Å². The summed E-state index contributed by atoms with van der Waals surface area (Å²) in [6.07, 6.45) is 7.07. The number of hydrogen-bond donors (Lipinski definition) is 2. The molecule has 2 nitrogen and oxygen atoms in total. The second kappa shape index (κ2) is 7.38. The highest BCUT2D eigenvalue weighted by Gasteiger charge is 2.11. The third kappa shape index (κ3) is 3.27. The Hall–Kier alpha value is -1.96. The lowest BCUT2D eigenvalue weighted by molar-refractivity contribution is 1.21. The van der Waals surface area contributed by atoms with Crippen molar-refractivity contribution in [1.29, 1.82) is 0 Å². The summed E-state index contributed by atoms with van der Waals surface area (Å²) in [5, 5.41) is 6.75. The zero-order valence-electron chi connectivity index (χ0n) is 11.5. The molecule has 0 bridgehead atoms. The maximum absolute atomic E-state index is 3.82. The summed E-state index contributed by atoms with van der Waals surface area (Å²) in [4.78, 5) is 0. The molecule has 2 heteroatoms. The molecule has 18 heavy (non-hydrogen) atoms. The average Bonchev–Trinajstić information content (AvgIpc) is 2.46. The van der Waals surface area contributed by atoms with Gasteiger partial charge in [-0.05, 0) is 30.7 Å². The minimum Gasteiger partial charge on any atom is -0.352 e. The number of allylic oxidation sites excluding steroid dienone is 3. The Morgan fingerprint density at radius 3 is 2.11 bits per heavy atom.